The van der Waals surface area contributed by atoms with Crippen molar-refractivity contribution in [2.24, 2.45) is 20.6 Å². The van der Waals surface area contributed by atoms with Crippen molar-refractivity contribution in [2.75, 3.05) is 26.2 Å². The van der Waals surface area contributed by atoms with Gasteiger partial charge in [0.25, 0.3) is 0 Å². The average Bonchev–Trinajstić information content (AvgIpc) is 2.49. The zero-order valence-corrected chi connectivity index (χ0v) is 11.3. The molecule has 0 aromatic carbocycles. The van der Waals surface area contributed by atoms with Gasteiger partial charge < -0.3 is 30.6 Å². The summed E-state index contributed by atoms with van der Waals surface area (Å²) in [5, 5.41) is 47.6. The Labute approximate surface area is 115 Å². The highest BCUT2D eigenvalue weighted by atomic mass is 16.4. The van der Waals surface area contributed by atoms with E-state index in [1.807, 2.05) is 0 Å². The van der Waals surface area contributed by atoms with Crippen LogP contribution in [0.4, 0.5) is 0 Å². The Morgan fingerprint density at radius 2 is 0.950 bits per heavy atom. The molecule has 1 rings (SSSR count). The molecule has 10 nitrogen and oxygen atoms in total. The molecule has 1 saturated heterocycles. The monoisotopic (exact) mass is 286 g/mol. The molecule has 0 atom stereocenters. The summed E-state index contributed by atoms with van der Waals surface area (Å²) >= 11 is 0. The fraction of sp³-hybridized carbons (Fsp3) is 0.600. The van der Waals surface area contributed by atoms with Crippen molar-refractivity contribution in [3.63, 3.8) is 0 Å². The molecule has 1 fully saturated rings. The maximum absolute atomic E-state index is 8.95. The van der Waals surface area contributed by atoms with E-state index in [-0.39, 0.29) is 23.1 Å². The molecular formula is C10H18N6O4. The normalized spacial score (nSPS) is 19.5. The number of amidine groups is 2. The van der Waals surface area contributed by atoms with Gasteiger partial charge in [0.1, 0.15) is 11.4 Å². The highest BCUT2D eigenvalue weighted by molar-refractivity contribution is 6.40. The molecule has 0 aliphatic carbocycles. The zero-order chi connectivity index (χ0) is 15.1. The van der Waals surface area contributed by atoms with Gasteiger partial charge in [0.05, 0.1) is 0 Å². The lowest BCUT2D eigenvalue weighted by atomic mass is 10.2. The van der Waals surface area contributed by atoms with Crippen molar-refractivity contribution < 1.29 is 20.8 Å². The molecule has 0 saturated carbocycles. The number of hydrogen-bond donors (Lipinski definition) is 4. The van der Waals surface area contributed by atoms with Crippen molar-refractivity contribution in [3.8, 4) is 0 Å². The van der Waals surface area contributed by atoms with E-state index >= 15 is 0 Å². The number of piperazine rings is 1. The maximum Gasteiger partial charge on any atom is 0.192 e. The van der Waals surface area contributed by atoms with Gasteiger partial charge in [-0.05, 0) is 13.8 Å². The Morgan fingerprint density at radius 3 is 1.15 bits per heavy atom. The molecule has 0 spiro atoms. The fourth-order valence-electron chi connectivity index (χ4n) is 1.95. The van der Waals surface area contributed by atoms with Gasteiger partial charge in [-0.15, -0.1) is 0 Å². The first kappa shape index (κ1) is 15.5. The van der Waals surface area contributed by atoms with Crippen molar-refractivity contribution in [1.82, 2.24) is 9.80 Å². The zero-order valence-electron chi connectivity index (χ0n) is 11.3. The van der Waals surface area contributed by atoms with Crippen molar-refractivity contribution >= 4 is 23.1 Å². The van der Waals surface area contributed by atoms with Gasteiger partial charge in [-0.2, -0.15) is 0 Å². The van der Waals surface area contributed by atoms with Gasteiger partial charge >= 0.3 is 0 Å². The second-order valence-electron chi connectivity index (χ2n) is 4.19. The molecule has 1 aliphatic rings. The lowest BCUT2D eigenvalue weighted by molar-refractivity contribution is 0.235. The molecule has 4 N–H and O–H groups in total. The molecule has 0 unspecified atom stereocenters. The Kier molecular flexibility index (Phi) is 5.56. The molecular weight excluding hydrogens is 268 g/mol. The largest absolute Gasteiger partial charge is 0.411 e. The summed E-state index contributed by atoms with van der Waals surface area (Å²) in [5.41, 5.74) is 0.398. The fourth-order valence-corrected chi connectivity index (χ4v) is 1.95. The molecule has 0 bridgehead atoms. The smallest absolute Gasteiger partial charge is 0.192 e. The predicted molar refractivity (Wildman–Crippen MR) is 71.4 cm³/mol. The predicted octanol–water partition coefficient (Wildman–Crippen LogP) is -0.120. The molecule has 112 valence electrons. The second kappa shape index (κ2) is 7.16. The molecule has 10 heteroatoms. The summed E-state index contributed by atoms with van der Waals surface area (Å²) in [7, 11) is 0. The van der Waals surface area contributed by atoms with Gasteiger partial charge in [-0.3, -0.25) is 0 Å². The standard InChI is InChI=1S/C10H18N6O4/c1-7(11-17)9(13-19)15-3-5-16(6-4-15)10(14-20)8(2)12-18/h17-20H,3-6H2,1-2H3/b11-7+,12-8+,13-9-,14-10+. The highest BCUT2D eigenvalue weighted by Gasteiger charge is 2.25. The van der Waals surface area contributed by atoms with Crippen LogP contribution in [0.15, 0.2) is 20.6 Å². The van der Waals surface area contributed by atoms with Crippen molar-refractivity contribution in [3.05, 3.63) is 0 Å². The van der Waals surface area contributed by atoms with Crippen LogP contribution in [0.1, 0.15) is 13.8 Å². The first-order valence-electron chi connectivity index (χ1n) is 5.91. The van der Waals surface area contributed by atoms with Crippen LogP contribution in [0.25, 0.3) is 0 Å². The maximum atomic E-state index is 8.95. The van der Waals surface area contributed by atoms with Crippen LogP contribution in [0.3, 0.4) is 0 Å². The molecule has 0 radical (unpaired) electrons. The number of hydrogen-bond acceptors (Lipinski definition) is 8. The van der Waals surface area contributed by atoms with Gasteiger partial charge in [0.15, 0.2) is 11.7 Å². The quantitative estimate of drug-likeness (QED) is 0.242. The topological polar surface area (TPSA) is 137 Å². The third-order valence-electron chi connectivity index (χ3n) is 3.02. The molecule has 1 aliphatic heterocycles. The molecule has 20 heavy (non-hydrogen) atoms. The summed E-state index contributed by atoms with van der Waals surface area (Å²) in [6.45, 7) is 4.89. The minimum Gasteiger partial charge on any atom is -0.411 e. The Morgan fingerprint density at radius 1 is 0.650 bits per heavy atom. The molecule has 1 heterocycles. The highest BCUT2D eigenvalue weighted by Crippen LogP contribution is 2.06. The third-order valence-corrected chi connectivity index (χ3v) is 3.02. The van der Waals surface area contributed by atoms with Gasteiger partial charge in [-0.25, -0.2) is 0 Å². The van der Waals surface area contributed by atoms with Crippen LogP contribution in [-0.4, -0.2) is 79.9 Å². The SMILES string of the molecule is CC(=N\O)/C(=N/O)N1CCN(C(=N/O)/C(C)=N/O)CC1. The average molecular weight is 286 g/mol. The number of nitrogens with zero attached hydrogens (tertiary/aromatic N) is 6. The minimum absolute atomic E-state index is 0.183. The molecule has 0 aromatic heterocycles. The van der Waals surface area contributed by atoms with E-state index in [4.69, 9.17) is 20.8 Å². The van der Waals surface area contributed by atoms with E-state index in [0.717, 1.165) is 0 Å². The van der Waals surface area contributed by atoms with Crippen LogP contribution in [-0.2, 0) is 0 Å². The Hall–Kier alpha value is -2.52. The molecule has 0 amide bonds. The Bertz CT molecular complexity index is 409. The first-order valence-corrected chi connectivity index (χ1v) is 5.91. The van der Waals surface area contributed by atoms with Crippen molar-refractivity contribution in [1.29, 1.82) is 0 Å². The van der Waals surface area contributed by atoms with Crippen LogP contribution < -0.4 is 0 Å². The van der Waals surface area contributed by atoms with Crippen LogP contribution in [0.2, 0.25) is 0 Å². The van der Waals surface area contributed by atoms with Crippen LogP contribution >= 0.6 is 0 Å². The minimum atomic E-state index is 0.183. The Balaban J connectivity index is 2.73. The van der Waals surface area contributed by atoms with Gasteiger partial charge in [0, 0.05) is 26.2 Å². The van der Waals surface area contributed by atoms with E-state index in [0.29, 0.717) is 26.2 Å². The van der Waals surface area contributed by atoms with Crippen molar-refractivity contribution in [2.45, 2.75) is 13.8 Å². The third kappa shape index (κ3) is 3.28. The van der Waals surface area contributed by atoms with E-state index in [1.54, 1.807) is 9.80 Å². The summed E-state index contributed by atoms with van der Waals surface area (Å²) in [6, 6.07) is 0. The number of oxime groups is 4. The first-order chi connectivity index (χ1) is 9.58. The van der Waals surface area contributed by atoms with Gasteiger partial charge in [0.2, 0.25) is 0 Å². The van der Waals surface area contributed by atoms with Crippen LogP contribution in [0.5, 0.6) is 0 Å². The van der Waals surface area contributed by atoms with E-state index in [2.05, 4.69) is 20.6 Å². The van der Waals surface area contributed by atoms with E-state index < -0.39 is 0 Å². The summed E-state index contributed by atoms with van der Waals surface area (Å²) in [4.78, 5) is 3.46. The summed E-state index contributed by atoms with van der Waals surface area (Å²) in [6.07, 6.45) is 0. The summed E-state index contributed by atoms with van der Waals surface area (Å²) in [5.74, 6) is 0.365. The van der Waals surface area contributed by atoms with Gasteiger partial charge in [-0.1, -0.05) is 20.6 Å². The van der Waals surface area contributed by atoms with E-state index in [9.17, 15) is 0 Å². The molecule has 0 aromatic rings. The summed E-state index contributed by atoms with van der Waals surface area (Å²) < 4.78 is 0. The van der Waals surface area contributed by atoms with E-state index in [1.165, 1.54) is 13.8 Å². The number of rotatable bonds is 2. The lowest BCUT2D eigenvalue weighted by Gasteiger charge is -2.36. The van der Waals surface area contributed by atoms with Crippen LogP contribution in [0, 0.1) is 0 Å². The lowest BCUT2D eigenvalue weighted by Crippen LogP contribution is -2.53. The second-order valence-corrected chi connectivity index (χ2v) is 4.19.